The van der Waals surface area contributed by atoms with E-state index in [4.69, 9.17) is 14.3 Å². The number of aromatic nitrogens is 1. The standard InChI is InChI=1S/C14H16N2O4/c1-9-5-11(20-13(9)14(17)18)8-15-6-10-3-4-12(19-2)16-7-10/h3-5,7,15H,6,8H2,1-2H3,(H,17,18). The summed E-state index contributed by atoms with van der Waals surface area (Å²) >= 11 is 0. The molecule has 2 aromatic rings. The number of aryl methyl sites for hydroxylation is 1. The predicted molar refractivity (Wildman–Crippen MR) is 71.7 cm³/mol. The molecular weight excluding hydrogens is 260 g/mol. The Bertz CT molecular complexity index is 590. The minimum Gasteiger partial charge on any atom is -0.481 e. The van der Waals surface area contributed by atoms with Crippen molar-refractivity contribution in [2.45, 2.75) is 20.0 Å². The Morgan fingerprint density at radius 3 is 2.80 bits per heavy atom. The monoisotopic (exact) mass is 276 g/mol. The number of ether oxygens (including phenoxy) is 1. The number of carboxylic acids is 1. The normalized spacial score (nSPS) is 10.5. The van der Waals surface area contributed by atoms with E-state index in [-0.39, 0.29) is 5.76 Å². The number of hydrogen-bond acceptors (Lipinski definition) is 5. The summed E-state index contributed by atoms with van der Waals surface area (Å²) in [6.07, 6.45) is 1.72. The van der Waals surface area contributed by atoms with Crippen LogP contribution in [0.2, 0.25) is 0 Å². The van der Waals surface area contributed by atoms with Gasteiger partial charge in [-0.15, -0.1) is 0 Å². The quantitative estimate of drug-likeness (QED) is 0.839. The molecule has 2 heterocycles. The second-order valence-corrected chi connectivity index (χ2v) is 4.34. The molecule has 0 amide bonds. The molecule has 6 heteroatoms. The fourth-order valence-corrected chi connectivity index (χ4v) is 1.81. The largest absolute Gasteiger partial charge is 0.481 e. The van der Waals surface area contributed by atoms with Gasteiger partial charge in [-0.05, 0) is 18.6 Å². The molecule has 2 aromatic heterocycles. The minimum absolute atomic E-state index is 0.00656. The summed E-state index contributed by atoms with van der Waals surface area (Å²) in [6, 6.07) is 5.42. The van der Waals surface area contributed by atoms with Gasteiger partial charge in [0, 0.05) is 24.4 Å². The first-order valence-corrected chi connectivity index (χ1v) is 6.12. The van der Waals surface area contributed by atoms with Gasteiger partial charge in [-0.2, -0.15) is 0 Å². The molecule has 0 spiro atoms. The number of nitrogens with zero attached hydrogens (tertiary/aromatic N) is 1. The van der Waals surface area contributed by atoms with Crippen molar-refractivity contribution in [1.29, 1.82) is 0 Å². The first-order chi connectivity index (χ1) is 9.60. The van der Waals surface area contributed by atoms with Crippen molar-refractivity contribution < 1.29 is 19.1 Å². The van der Waals surface area contributed by atoms with Crippen LogP contribution in [0.25, 0.3) is 0 Å². The van der Waals surface area contributed by atoms with Crippen molar-refractivity contribution in [3.63, 3.8) is 0 Å². The highest BCUT2D eigenvalue weighted by Gasteiger charge is 2.13. The van der Waals surface area contributed by atoms with E-state index in [0.29, 0.717) is 30.3 Å². The lowest BCUT2D eigenvalue weighted by Gasteiger charge is -2.03. The lowest BCUT2D eigenvalue weighted by Crippen LogP contribution is -2.12. The lowest BCUT2D eigenvalue weighted by molar-refractivity contribution is 0.0659. The maximum Gasteiger partial charge on any atom is 0.372 e. The van der Waals surface area contributed by atoms with Crippen molar-refractivity contribution in [2.24, 2.45) is 0 Å². The van der Waals surface area contributed by atoms with Gasteiger partial charge in [0.15, 0.2) is 0 Å². The summed E-state index contributed by atoms with van der Waals surface area (Å²) in [4.78, 5) is 15.0. The Labute approximate surface area is 116 Å². The number of pyridine rings is 1. The zero-order chi connectivity index (χ0) is 14.5. The van der Waals surface area contributed by atoms with E-state index >= 15 is 0 Å². The number of nitrogens with one attached hydrogen (secondary N) is 1. The van der Waals surface area contributed by atoms with Gasteiger partial charge in [0.25, 0.3) is 0 Å². The number of aromatic carboxylic acids is 1. The second-order valence-electron chi connectivity index (χ2n) is 4.34. The van der Waals surface area contributed by atoms with E-state index in [0.717, 1.165) is 5.56 Å². The highest BCUT2D eigenvalue weighted by Crippen LogP contribution is 2.14. The molecular formula is C14H16N2O4. The van der Waals surface area contributed by atoms with Gasteiger partial charge >= 0.3 is 5.97 Å². The van der Waals surface area contributed by atoms with E-state index in [1.165, 1.54) is 0 Å². The fraction of sp³-hybridized carbons (Fsp3) is 0.286. The fourth-order valence-electron chi connectivity index (χ4n) is 1.81. The Hall–Kier alpha value is -2.34. The predicted octanol–water partition coefficient (Wildman–Crippen LogP) is 1.98. The van der Waals surface area contributed by atoms with Gasteiger partial charge in [-0.3, -0.25) is 0 Å². The first-order valence-electron chi connectivity index (χ1n) is 6.12. The van der Waals surface area contributed by atoms with Crippen LogP contribution in [0.1, 0.15) is 27.4 Å². The molecule has 0 saturated heterocycles. The maximum absolute atomic E-state index is 10.9. The van der Waals surface area contributed by atoms with E-state index in [1.54, 1.807) is 32.4 Å². The number of hydrogen-bond donors (Lipinski definition) is 2. The molecule has 6 nitrogen and oxygen atoms in total. The minimum atomic E-state index is -1.05. The van der Waals surface area contributed by atoms with Crippen molar-refractivity contribution in [3.8, 4) is 5.88 Å². The average Bonchev–Trinajstić information content (AvgIpc) is 2.81. The van der Waals surface area contributed by atoms with Crippen LogP contribution in [0, 0.1) is 6.92 Å². The zero-order valence-electron chi connectivity index (χ0n) is 11.3. The van der Waals surface area contributed by atoms with Gasteiger partial charge in [0.1, 0.15) is 5.76 Å². The van der Waals surface area contributed by atoms with Crippen LogP contribution < -0.4 is 10.1 Å². The summed E-state index contributed by atoms with van der Waals surface area (Å²) in [5.41, 5.74) is 1.63. The number of furan rings is 1. The molecule has 0 aliphatic heterocycles. The van der Waals surface area contributed by atoms with Gasteiger partial charge < -0.3 is 19.6 Å². The molecule has 0 bridgehead atoms. The summed E-state index contributed by atoms with van der Waals surface area (Å²) in [5.74, 6) is 0.115. The molecule has 2 N–H and O–H groups in total. The molecule has 0 unspecified atom stereocenters. The molecule has 106 valence electrons. The first kappa shape index (κ1) is 14.1. The van der Waals surface area contributed by atoms with Crippen molar-refractivity contribution >= 4 is 5.97 Å². The highest BCUT2D eigenvalue weighted by atomic mass is 16.5. The summed E-state index contributed by atoms with van der Waals surface area (Å²) in [5, 5.41) is 12.1. The molecule has 0 saturated carbocycles. The van der Waals surface area contributed by atoms with Gasteiger partial charge in [0.05, 0.1) is 13.7 Å². The third-order valence-corrected chi connectivity index (χ3v) is 2.80. The van der Waals surface area contributed by atoms with E-state index in [2.05, 4.69) is 10.3 Å². The van der Waals surface area contributed by atoms with Crippen LogP contribution in [0.15, 0.2) is 28.8 Å². The Morgan fingerprint density at radius 1 is 1.45 bits per heavy atom. The summed E-state index contributed by atoms with van der Waals surface area (Å²) in [6.45, 7) is 2.78. The molecule has 0 radical (unpaired) electrons. The lowest BCUT2D eigenvalue weighted by atomic mass is 10.2. The van der Waals surface area contributed by atoms with Crippen LogP contribution in [0.5, 0.6) is 5.88 Å². The number of carboxylic acid groups (broad SMARTS) is 1. The Kier molecular flexibility index (Phi) is 4.37. The highest BCUT2D eigenvalue weighted by molar-refractivity contribution is 5.86. The molecule has 2 rings (SSSR count). The Morgan fingerprint density at radius 2 is 2.25 bits per heavy atom. The van der Waals surface area contributed by atoms with Crippen LogP contribution in [-0.2, 0) is 13.1 Å². The number of rotatable bonds is 6. The third-order valence-electron chi connectivity index (χ3n) is 2.80. The van der Waals surface area contributed by atoms with Crippen LogP contribution in [0.4, 0.5) is 0 Å². The topological polar surface area (TPSA) is 84.6 Å². The van der Waals surface area contributed by atoms with E-state index in [9.17, 15) is 4.79 Å². The van der Waals surface area contributed by atoms with Crippen LogP contribution in [-0.4, -0.2) is 23.2 Å². The average molecular weight is 276 g/mol. The molecule has 0 aliphatic rings. The number of methoxy groups -OCH3 is 1. The van der Waals surface area contributed by atoms with E-state index < -0.39 is 5.97 Å². The smallest absolute Gasteiger partial charge is 0.372 e. The summed E-state index contributed by atoms with van der Waals surface area (Å²) < 4.78 is 10.2. The van der Waals surface area contributed by atoms with Crippen molar-refractivity contribution in [3.05, 3.63) is 47.0 Å². The molecule has 20 heavy (non-hydrogen) atoms. The number of carbonyl (C=O) groups is 1. The summed E-state index contributed by atoms with van der Waals surface area (Å²) in [7, 11) is 1.57. The molecule has 0 aliphatic carbocycles. The second kappa shape index (κ2) is 6.21. The maximum atomic E-state index is 10.9. The van der Waals surface area contributed by atoms with Gasteiger partial charge in [0.2, 0.25) is 11.6 Å². The van der Waals surface area contributed by atoms with Crippen LogP contribution >= 0.6 is 0 Å². The van der Waals surface area contributed by atoms with Crippen molar-refractivity contribution in [2.75, 3.05) is 7.11 Å². The van der Waals surface area contributed by atoms with Crippen LogP contribution in [0.3, 0.4) is 0 Å². The molecule has 0 atom stereocenters. The van der Waals surface area contributed by atoms with Gasteiger partial charge in [-0.1, -0.05) is 6.07 Å². The van der Waals surface area contributed by atoms with E-state index in [1.807, 2.05) is 6.07 Å². The SMILES string of the molecule is COc1ccc(CNCc2cc(C)c(C(=O)O)o2)cn1. The van der Waals surface area contributed by atoms with Gasteiger partial charge in [-0.25, -0.2) is 9.78 Å². The molecule has 0 aromatic carbocycles. The Balaban J connectivity index is 1.89. The van der Waals surface area contributed by atoms with Crippen molar-refractivity contribution in [1.82, 2.24) is 10.3 Å². The molecule has 0 fully saturated rings. The third kappa shape index (κ3) is 3.36. The zero-order valence-corrected chi connectivity index (χ0v) is 11.3.